The second-order valence-corrected chi connectivity index (χ2v) is 8.45. The summed E-state index contributed by atoms with van der Waals surface area (Å²) in [6, 6.07) is 19.6. The van der Waals surface area contributed by atoms with E-state index in [0.717, 1.165) is 21.7 Å². The van der Waals surface area contributed by atoms with Crippen molar-refractivity contribution in [2.45, 2.75) is 12.1 Å². The highest BCUT2D eigenvalue weighted by Crippen LogP contribution is 2.33. The normalized spacial score (nSPS) is 11.0. The largest absolute Gasteiger partial charge is 0.358 e. The molecule has 0 unspecified atom stereocenters. The summed E-state index contributed by atoms with van der Waals surface area (Å²) in [5, 5.41) is 3.71. The predicted molar refractivity (Wildman–Crippen MR) is 120 cm³/mol. The maximum absolute atomic E-state index is 13.5. The van der Waals surface area contributed by atoms with Crippen molar-refractivity contribution in [3.63, 3.8) is 0 Å². The molecule has 146 valence electrons. The Morgan fingerprint density at radius 1 is 1.14 bits per heavy atom. The van der Waals surface area contributed by atoms with Crippen LogP contribution in [-0.4, -0.2) is 28.3 Å². The number of aryl methyl sites for hydroxylation is 1. The van der Waals surface area contributed by atoms with Gasteiger partial charge in [-0.3, -0.25) is 14.2 Å². The van der Waals surface area contributed by atoms with Gasteiger partial charge >= 0.3 is 0 Å². The molecule has 4 rings (SSSR count). The molecule has 0 saturated heterocycles. The second kappa shape index (κ2) is 8.23. The topological polar surface area (TPSA) is 64.0 Å². The first-order valence-corrected chi connectivity index (χ1v) is 10.9. The first-order chi connectivity index (χ1) is 14.1. The summed E-state index contributed by atoms with van der Waals surface area (Å²) in [5.74, 6) is 0.0777. The van der Waals surface area contributed by atoms with Gasteiger partial charge in [0.15, 0.2) is 5.16 Å². The average molecular weight is 422 g/mol. The summed E-state index contributed by atoms with van der Waals surface area (Å²) in [7, 11) is 1.60. The number of rotatable bonds is 5. The number of fused-ring (bicyclic) bond motifs is 1. The Morgan fingerprint density at radius 2 is 1.86 bits per heavy atom. The molecule has 2 heterocycles. The number of amides is 1. The van der Waals surface area contributed by atoms with Crippen LogP contribution in [0.2, 0.25) is 0 Å². The first kappa shape index (κ1) is 19.4. The number of carbonyl (C=O) groups excluding carboxylic acids is 1. The van der Waals surface area contributed by atoms with Crippen LogP contribution in [-0.2, 0) is 4.79 Å². The molecule has 0 atom stereocenters. The van der Waals surface area contributed by atoms with Gasteiger partial charge in [0.1, 0.15) is 4.83 Å². The Bertz CT molecular complexity index is 1250. The molecule has 5 nitrogen and oxygen atoms in total. The van der Waals surface area contributed by atoms with E-state index in [1.165, 1.54) is 23.1 Å². The molecule has 2 aromatic heterocycles. The number of carbonyl (C=O) groups is 1. The van der Waals surface area contributed by atoms with Gasteiger partial charge in [-0.15, -0.1) is 11.3 Å². The lowest BCUT2D eigenvalue weighted by Crippen LogP contribution is -2.24. The van der Waals surface area contributed by atoms with Gasteiger partial charge in [0, 0.05) is 11.9 Å². The van der Waals surface area contributed by atoms with Crippen molar-refractivity contribution in [3.8, 4) is 16.1 Å². The first-order valence-electron chi connectivity index (χ1n) is 9.10. The van der Waals surface area contributed by atoms with Crippen LogP contribution in [0.1, 0.15) is 5.56 Å². The highest BCUT2D eigenvalue weighted by atomic mass is 32.2. The number of para-hydroxylation sites is 1. The third kappa shape index (κ3) is 3.83. The van der Waals surface area contributed by atoms with Crippen LogP contribution >= 0.6 is 23.1 Å². The molecule has 29 heavy (non-hydrogen) atoms. The van der Waals surface area contributed by atoms with Crippen LogP contribution < -0.4 is 10.9 Å². The van der Waals surface area contributed by atoms with Gasteiger partial charge < -0.3 is 5.32 Å². The molecule has 0 aliphatic heterocycles. The Labute approximate surface area is 176 Å². The fraction of sp³-hybridized carbons (Fsp3) is 0.136. The maximum atomic E-state index is 13.5. The number of hydrogen-bond donors (Lipinski definition) is 1. The fourth-order valence-electron chi connectivity index (χ4n) is 3.03. The lowest BCUT2D eigenvalue weighted by Gasteiger charge is -2.13. The Kier molecular flexibility index (Phi) is 5.51. The van der Waals surface area contributed by atoms with E-state index < -0.39 is 0 Å². The van der Waals surface area contributed by atoms with Crippen molar-refractivity contribution in [1.29, 1.82) is 0 Å². The highest BCUT2D eigenvalue weighted by molar-refractivity contribution is 7.99. The van der Waals surface area contributed by atoms with E-state index >= 15 is 0 Å². The standard InChI is InChI=1S/C22H19N3O2S2/c1-14-8-6-7-11-17(14)25-21(27)16-12-18(15-9-4-3-5-10-15)29-20(16)24-22(25)28-13-19(26)23-2/h3-12H,13H2,1-2H3,(H,23,26). The minimum atomic E-state index is -0.123. The van der Waals surface area contributed by atoms with E-state index in [-0.39, 0.29) is 17.2 Å². The zero-order chi connectivity index (χ0) is 20.4. The van der Waals surface area contributed by atoms with Crippen molar-refractivity contribution >= 4 is 39.2 Å². The summed E-state index contributed by atoms with van der Waals surface area (Å²) in [4.78, 5) is 31.7. The summed E-state index contributed by atoms with van der Waals surface area (Å²) < 4.78 is 1.62. The van der Waals surface area contributed by atoms with Crippen LogP contribution in [0.15, 0.2) is 70.6 Å². The minimum absolute atomic E-state index is 0.114. The van der Waals surface area contributed by atoms with Crippen LogP contribution in [0, 0.1) is 6.92 Å². The number of nitrogens with zero attached hydrogens (tertiary/aromatic N) is 2. The van der Waals surface area contributed by atoms with E-state index in [0.29, 0.717) is 15.4 Å². The smallest absolute Gasteiger partial charge is 0.267 e. The lowest BCUT2D eigenvalue weighted by atomic mass is 10.2. The van der Waals surface area contributed by atoms with E-state index in [2.05, 4.69) is 5.32 Å². The molecular formula is C22H19N3O2S2. The molecule has 7 heteroatoms. The molecule has 1 amide bonds. The highest BCUT2D eigenvalue weighted by Gasteiger charge is 2.18. The number of aromatic nitrogens is 2. The number of hydrogen-bond acceptors (Lipinski definition) is 5. The molecule has 1 N–H and O–H groups in total. The van der Waals surface area contributed by atoms with Crippen LogP contribution in [0.3, 0.4) is 0 Å². The molecule has 0 spiro atoms. The van der Waals surface area contributed by atoms with Gasteiger partial charge in [-0.25, -0.2) is 4.98 Å². The van der Waals surface area contributed by atoms with Crippen LogP contribution in [0.25, 0.3) is 26.3 Å². The summed E-state index contributed by atoms with van der Waals surface area (Å²) in [6.07, 6.45) is 0. The van der Waals surface area contributed by atoms with Crippen molar-refractivity contribution in [2.75, 3.05) is 12.8 Å². The number of nitrogens with one attached hydrogen (secondary N) is 1. The van der Waals surface area contributed by atoms with Crippen molar-refractivity contribution in [3.05, 3.63) is 76.6 Å². The zero-order valence-corrected chi connectivity index (χ0v) is 17.6. The SMILES string of the molecule is CNC(=O)CSc1nc2sc(-c3ccccc3)cc2c(=O)n1-c1ccccc1C. The van der Waals surface area contributed by atoms with Crippen LogP contribution in [0.5, 0.6) is 0 Å². The molecule has 0 radical (unpaired) electrons. The van der Waals surface area contributed by atoms with Gasteiger partial charge in [-0.1, -0.05) is 60.3 Å². The fourth-order valence-corrected chi connectivity index (χ4v) is 4.99. The minimum Gasteiger partial charge on any atom is -0.358 e. The van der Waals surface area contributed by atoms with Crippen LogP contribution in [0.4, 0.5) is 0 Å². The molecule has 0 aliphatic carbocycles. The molecule has 4 aromatic rings. The molecule has 2 aromatic carbocycles. The second-order valence-electron chi connectivity index (χ2n) is 6.48. The Hall–Kier alpha value is -2.90. The molecule has 0 bridgehead atoms. The molecular weight excluding hydrogens is 402 g/mol. The van der Waals surface area contributed by atoms with E-state index in [1.807, 2.05) is 67.6 Å². The van der Waals surface area contributed by atoms with Gasteiger partial charge in [-0.2, -0.15) is 0 Å². The van der Waals surface area contributed by atoms with Gasteiger partial charge in [0.05, 0.1) is 16.8 Å². The monoisotopic (exact) mass is 421 g/mol. The third-order valence-electron chi connectivity index (χ3n) is 4.56. The number of benzene rings is 2. The van der Waals surface area contributed by atoms with Crippen molar-refractivity contribution in [1.82, 2.24) is 14.9 Å². The van der Waals surface area contributed by atoms with Gasteiger partial charge in [0.2, 0.25) is 5.91 Å². The van der Waals surface area contributed by atoms with E-state index in [9.17, 15) is 9.59 Å². The number of thioether (sulfide) groups is 1. The van der Waals surface area contributed by atoms with E-state index in [4.69, 9.17) is 4.98 Å². The predicted octanol–water partition coefficient (Wildman–Crippen LogP) is 4.26. The maximum Gasteiger partial charge on any atom is 0.267 e. The van der Waals surface area contributed by atoms with Crippen molar-refractivity contribution in [2.24, 2.45) is 0 Å². The molecule has 0 fully saturated rings. The summed E-state index contributed by atoms with van der Waals surface area (Å²) in [6.45, 7) is 1.96. The average Bonchev–Trinajstić information content (AvgIpc) is 3.18. The lowest BCUT2D eigenvalue weighted by molar-refractivity contribution is -0.118. The third-order valence-corrected chi connectivity index (χ3v) is 6.58. The molecule has 0 aliphatic rings. The quantitative estimate of drug-likeness (QED) is 0.386. The Morgan fingerprint density at radius 3 is 2.59 bits per heavy atom. The van der Waals surface area contributed by atoms with Crippen molar-refractivity contribution < 1.29 is 4.79 Å². The summed E-state index contributed by atoms with van der Waals surface area (Å²) in [5.41, 5.74) is 2.67. The Balaban J connectivity index is 1.93. The molecule has 0 saturated carbocycles. The van der Waals surface area contributed by atoms with Gasteiger partial charge in [-0.05, 0) is 30.2 Å². The van der Waals surface area contributed by atoms with E-state index in [1.54, 1.807) is 11.6 Å². The number of thiophene rings is 1. The van der Waals surface area contributed by atoms with Gasteiger partial charge in [0.25, 0.3) is 5.56 Å². The zero-order valence-electron chi connectivity index (χ0n) is 16.0. The summed E-state index contributed by atoms with van der Waals surface area (Å²) >= 11 is 2.75.